The van der Waals surface area contributed by atoms with Crippen LogP contribution >= 0.6 is 28.1 Å². The largest absolute Gasteiger partial charge is 0.351 e. The molecule has 3 aromatic rings. The molecule has 0 spiro atoms. The molecule has 32 heavy (non-hydrogen) atoms. The predicted molar refractivity (Wildman–Crippen MR) is 138 cm³/mol. The van der Waals surface area contributed by atoms with Crippen molar-refractivity contribution in [2.75, 3.05) is 4.90 Å². The Balaban J connectivity index is 1.65. The second-order valence-corrected chi connectivity index (χ2v) is 10.3. The van der Waals surface area contributed by atoms with Gasteiger partial charge in [0.15, 0.2) is 5.11 Å². The fraction of sp³-hybridized carbons (Fsp3) is 0.385. The van der Waals surface area contributed by atoms with Crippen LogP contribution in [0, 0.1) is 20.8 Å². The first-order valence-corrected chi connectivity index (χ1v) is 12.6. The van der Waals surface area contributed by atoms with E-state index in [1.165, 1.54) is 48.2 Å². The third-order valence-electron chi connectivity index (χ3n) is 7.05. The van der Waals surface area contributed by atoms with Gasteiger partial charge in [-0.05, 0) is 93.4 Å². The zero-order valence-corrected chi connectivity index (χ0v) is 21.2. The van der Waals surface area contributed by atoms with E-state index in [0.717, 1.165) is 21.0 Å². The molecular formula is C26H29BrN4S. The van der Waals surface area contributed by atoms with Crippen LogP contribution in [0.5, 0.6) is 0 Å². The van der Waals surface area contributed by atoms with E-state index >= 15 is 0 Å². The van der Waals surface area contributed by atoms with Crippen LogP contribution in [-0.4, -0.2) is 14.7 Å². The Bertz CT molecular complexity index is 1150. The second-order valence-electron chi connectivity index (χ2n) is 9.06. The molecule has 2 unspecified atom stereocenters. The first kappa shape index (κ1) is 21.7. The van der Waals surface area contributed by atoms with Crippen molar-refractivity contribution >= 4 is 38.9 Å². The molecule has 1 aliphatic heterocycles. The van der Waals surface area contributed by atoms with Crippen molar-refractivity contribution < 1.29 is 0 Å². The Kier molecular flexibility index (Phi) is 5.84. The van der Waals surface area contributed by atoms with Crippen molar-refractivity contribution in [2.24, 2.45) is 0 Å². The van der Waals surface area contributed by atoms with Gasteiger partial charge in [0.05, 0.1) is 17.8 Å². The lowest BCUT2D eigenvalue weighted by molar-refractivity contribution is 0.494. The molecule has 6 heteroatoms. The van der Waals surface area contributed by atoms with Gasteiger partial charge in [-0.3, -0.25) is 4.98 Å². The van der Waals surface area contributed by atoms with Crippen LogP contribution in [-0.2, 0) is 0 Å². The number of anilines is 1. The van der Waals surface area contributed by atoms with Crippen molar-refractivity contribution in [1.29, 1.82) is 0 Å². The van der Waals surface area contributed by atoms with Crippen LogP contribution in [0.2, 0.25) is 0 Å². The zero-order valence-electron chi connectivity index (χ0n) is 18.8. The number of rotatable bonds is 4. The van der Waals surface area contributed by atoms with Gasteiger partial charge in [-0.2, -0.15) is 0 Å². The Morgan fingerprint density at radius 3 is 2.53 bits per heavy atom. The summed E-state index contributed by atoms with van der Waals surface area (Å²) in [6.07, 6.45) is 7.07. The molecule has 2 fully saturated rings. The molecule has 1 aromatic carbocycles. The van der Waals surface area contributed by atoms with Crippen LogP contribution in [0.4, 0.5) is 5.69 Å². The van der Waals surface area contributed by atoms with Crippen molar-refractivity contribution in [3.8, 4) is 0 Å². The number of thiocarbonyl (C=S) groups is 1. The minimum Gasteiger partial charge on any atom is -0.351 e. The van der Waals surface area contributed by atoms with Gasteiger partial charge in [-0.15, -0.1) is 0 Å². The SMILES string of the molecule is Cc1cc(N2C(=S)NC(c3ccccn3)C2c2cc(C)n(C3CCCC3)c2C)ccc1Br. The number of nitrogens with one attached hydrogen (secondary N) is 1. The molecule has 0 radical (unpaired) electrons. The summed E-state index contributed by atoms with van der Waals surface area (Å²) in [5.74, 6) is 0. The monoisotopic (exact) mass is 508 g/mol. The lowest BCUT2D eigenvalue weighted by Gasteiger charge is -2.29. The lowest BCUT2D eigenvalue weighted by Crippen LogP contribution is -2.29. The second kappa shape index (κ2) is 8.64. The Labute approximate surface area is 204 Å². The molecule has 1 aliphatic carbocycles. The number of nitrogens with zero attached hydrogens (tertiary/aromatic N) is 3. The number of hydrogen-bond donors (Lipinski definition) is 1. The summed E-state index contributed by atoms with van der Waals surface area (Å²) in [4.78, 5) is 6.99. The van der Waals surface area contributed by atoms with Crippen LogP contribution in [0.25, 0.3) is 0 Å². The van der Waals surface area contributed by atoms with Crippen LogP contribution in [0.3, 0.4) is 0 Å². The minimum atomic E-state index is -0.00909. The van der Waals surface area contributed by atoms with E-state index in [1.807, 2.05) is 12.3 Å². The molecule has 166 valence electrons. The molecule has 2 atom stereocenters. The molecule has 0 amide bonds. The number of halogens is 1. The van der Waals surface area contributed by atoms with Crippen molar-refractivity contribution in [3.05, 3.63) is 81.3 Å². The number of aromatic nitrogens is 2. The molecule has 4 nitrogen and oxygen atoms in total. The summed E-state index contributed by atoms with van der Waals surface area (Å²) >= 11 is 9.55. The van der Waals surface area contributed by atoms with Gasteiger partial charge >= 0.3 is 0 Å². The number of pyridine rings is 1. The Hall–Kier alpha value is -2.18. The highest BCUT2D eigenvalue weighted by atomic mass is 79.9. The lowest BCUT2D eigenvalue weighted by atomic mass is 9.96. The van der Waals surface area contributed by atoms with E-state index in [4.69, 9.17) is 17.2 Å². The number of hydrogen-bond acceptors (Lipinski definition) is 2. The van der Waals surface area contributed by atoms with Gasteiger partial charge in [0.25, 0.3) is 0 Å². The highest BCUT2D eigenvalue weighted by Gasteiger charge is 2.42. The molecule has 0 bridgehead atoms. The summed E-state index contributed by atoms with van der Waals surface area (Å²) < 4.78 is 3.68. The Morgan fingerprint density at radius 1 is 1.06 bits per heavy atom. The summed E-state index contributed by atoms with van der Waals surface area (Å²) in [6.45, 7) is 6.65. The maximum atomic E-state index is 5.91. The van der Waals surface area contributed by atoms with Gasteiger partial charge in [-0.1, -0.05) is 34.8 Å². The Morgan fingerprint density at radius 2 is 1.84 bits per heavy atom. The van der Waals surface area contributed by atoms with Gasteiger partial charge in [0, 0.05) is 33.8 Å². The smallest absolute Gasteiger partial charge is 0.174 e. The number of aryl methyl sites for hydroxylation is 2. The molecule has 1 N–H and O–H groups in total. The van der Waals surface area contributed by atoms with Crippen molar-refractivity contribution in [1.82, 2.24) is 14.9 Å². The van der Waals surface area contributed by atoms with Crippen LogP contribution in [0.15, 0.2) is 53.1 Å². The fourth-order valence-electron chi connectivity index (χ4n) is 5.55. The van der Waals surface area contributed by atoms with E-state index < -0.39 is 0 Å². The normalized spacial score (nSPS) is 21.4. The third-order valence-corrected chi connectivity index (χ3v) is 8.25. The first-order chi connectivity index (χ1) is 15.5. The van der Waals surface area contributed by atoms with E-state index in [1.54, 1.807) is 0 Å². The molecular weight excluding hydrogens is 480 g/mol. The number of benzene rings is 1. The molecule has 5 rings (SSSR count). The van der Waals surface area contributed by atoms with Crippen molar-refractivity contribution in [2.45, 2.75) is 64.6 Å². The van der Waals surface area contributed by atoms with Crippen molar-refractivity contribution in [3.63, 3.8) is 0 Å². The molecule has 3 heterocycles. The van der Waals surface area contributed by atoms with Gasteiger partial charge in [-0.25, -0.2) is 0 Å². The average Bonchev–Trinajstić information content (AvgIpc) is 3.49. The maximum Gasteiger partial charge on any atom is 0.174 e. The van der Waals surface area contributed by atoms with E-state index in [9.17, 15) is 0 Å². The fourth-order valence-corrected chi connectivity index (χ4v) is 6.15. The van der Waals surface area contributed by atoms with E-state index in [-0.39, 0.29) is 12.1 Å². The summed E-state index contributed by atoms with van der Waals surface area (Å²) in [5, 5.41) is 4.35. The summed E-state index contributed by atoms with van der Waals surface area (Å²) in [6, 6.07) is 15.6. The predicted octanol–water partition coefficient (Wildman–Crippen LogP) is 6.86. The summed E-state index contributed by atoms with van der Waals surface area (Å²) in [5.41, 5.74) is 7.35. The van der Waals surface area contributed by atoms with Gasteiger partial charge < -0.3 is 14.8 Å². The molecule has 2 aromatic heterocycles. The van der Waals surface area contributed by atoms with Gasteiger partial charge in [0.2, 0.25) is 0 Å². The van der Waals surface area contributed by atoms with Gasteiger partial charge in [0.1, 0.15) is 0 Å². The topological polar surface area (TPSA) is 33.1 Å². The van der Waals surface area contributed by atoms with E-state index in [2.05, 4.69) is 87.9 Å². The molecule has 2 aliphatic rings. The quantitative estimate of drug-likeness (QED) is 0.390. The summed E-state index contributed by atoms with van der Waals surface area (Å²) in [7, 11) is 0. The first-order valence-electron chi connectivity index (χ1n) is 11.4. The van der Waals surface area contributed by atoms with Crippen LogP contribution < -0.4 is 10.2 Å². The van der Waals surface area contributed by atoms with E-state index in [0.29, 0.717) is 6.04 Å². The highest BCUT2D eigenvalue weighted by molar-refractivity contribution is 9.10. The average molecular weight is 510 g/mol. The zero-order chi connectivity index (χ0) is 22.4. The highest BCUT2D eigenvalue weighted by Crippen LogP contribution is 2.45. The maximum absolute atomic E-state index is 5.91. The molecule has 1 saturated carbocycles. The van der Waals surface area contributed by atoms with Crippen LogP contribution in [0.1, 0.15) is 72.0 Å². The minimum absolute atomic E-state index is 0.00909. The molecule has 1 saturated heterocycles. The standard InChI is InChI=1S/C26H29BrN4S/c1-16-14-20(11-12-22(16)27)31-25(24(29-26(31)32)23-10-6-7-13-28-23)21-15-17(2)30(18(21)3)19-8-4-5-9-19/h6-7,10-15,19,24-25H,4-5,8-9H2,1-3H3,(H,29,32). The third kappa shape index (κ3) is 3.67.